The zero-order chi connectivity index (χ0) is 10.6. The van der Waals surface area contributed by atoms with Gasteiger partial charge in [-0.1, -0.05) is 6.08 Å². The maximum absolute atomic E-state index is 9.66. The Morgan fingerprint density at radius 3 is 2.57 bits per heavy atom. The molecule has 76 valence electrons. The Morgan fingerprint density at radius 2 is 2.07 bits per heavy atom. The number of ether oxygens (including phenoxy) is 2. The molecule has 1 rings (SSSR count). The molecule has 0 amide bonds. The summed E-state index contributed by atoms with van der Waals surface area (Å²) in [5.41, 5.74) is 0.725. The molecule has 0 radical (unpaired) electrons. The second-order valence-electron chi connectivity index (χ2n) is 2.82. The van der Waals surface area contributed by atoms with Crippen molar-refractivity contribution in [2.75, 3.05) is 14.2 Å². The van der Waals surface area contributed by atoms with Gasteiger partial charge in [0, 0.05) is 17.7 Å². The highest BCUT2D eigenvalue weighted by molar-refractivity contribution is 5.50. The molecule has 0 aliphatic heterocycles. The quantitative estimate of drug-likeness (QED) is 0.746. The van der Waals surface area contributed by atoms with Gasteiger partial charge in [0.05, 0.1) is 14.2 Å². The minimum atomic E-state index is 0.168. The van der Waals surface area contributed by atoms with E-state index in [9.17, 15) is 5.11 Å². The van der Waals surface area contributed by atoms with Gasteiger partial charge in [0.1, 0.15) is 17.2 Å². The van der Waals surface area contributed by atoms with E-state index in [4.69, 9.17) is 9.47 Å². The van der Waals surface area contributed by atoms with Crippen molar-refractivity contribution in [3.63, 3.8) is 0 Å². The van der Waals surface area contributed by atoms with E-state index in [1.165, 1.54) is 0 Å². The second-order valence-corrected chi connectivity index (χ2v) is 2.82. The molecule has 0 aromatic heterocycles. The summed E-state index contributed by atoms with van der Waals surface area (Å²) in [4.78, 5) is 0. The van der Waals surface area contributed by atoms with Crippen molar-refractivity contribution in [2.24, 2.45) is 0 Å². The number of hydrogen-bond acceptors (Lipinski definition) is 3. The highest BCUT2D eigenvalue weighted by Crippen LogP contribution is 2.33. The highest BCUT2D eigenvalue weighted by Gasteiger charge is 2.09. The molecule has 1 N–H and O–H groups in total. The number of phenolic OH excluding ortho intramolecular Hbond substituents is 1. The number of rotatable bonds is 4. The third-order valence-corrected chi connectivity index (χ3v) is 1.96. The van der Waals surface area contributed by atoms with E-state index in [1.807, 2.05) is 0 Å². The molecule has 1 aromatic carbocycles. The SMILES string of the molecule is C=CCc1c(O)cc(OC)cc1OC. The molecule has 0 aliphatic rings. The van der Waals surface area contributed by atoms with Crippen LogP contribution in [0.4, 0.5) is 0 Å². The summed E-state index contributed by atoms with van der Waals surface area (Å²) in [6.45, 7) is 3.62. The number of benzene rings is 1. The summed E-state index contributed by atoms with van der Waals surface area (Å²) in [6, 6.07) is 3.29. The molecule has 14 heavy (non-hydrogen) atoms. The third kappa shape index (κ3) is 1.99. The standard InChI is InChI=1S/C11H14O3/c1-4-5-9-10(12)6-8(13-2)7-11(9)14-3/h4,6-7,12H,1,5H2,2-3H3. The van der Waals surface area contributed by atoms with Gasteiger partial charge in [-0.2, -0.15) is 0 Å². The highest BCUT2D eigenvalue weighted by atomic mass is 16.5. The monoisotopic (exact) mass is 194 g/mol. The molecule has 0 aliphatic carbocycles. The molecule has 0 bridgehead atoms. The fourth-order valence-corrected chi connectivity index (χ4v) is 1.26. The Bertz CT molecular complexity index is 332. The molecule has 0 saturated carbocycles. The van der Waals surface area contributed by atoms with Crippen molar-refractivity contribution in [3.8, 4) is 17.2 Å². The lowest BCUT2D eigenvalue weighted by molar-refractivity contribution is 0.380. The summed E-state index contributed by atoms with van der Waals surface area (Å²) in [6.07, 6.45) is 2.28. The zero-order valence-electron chi connectivity index (χ0n) is 8.41. The lowest BCUT2D eigenvalue weighted by Gasteiger charge is -2.10. The molecule has 0 spiro atoms. The minimum Gasteiger partial charge on any atom is -0.507 e. The second kappa shape index (κ2) is 4.56. The first-order valence-corrected chi connectivity index (χ1v) is 4.27. The van der Waals surface area contributed by atoms with Gasteiger partial charge in [0.15, 0.2) is 0 Å². The lowest BCUT2D eigenvalue weighted by Crippen LogP contribution is -1.93. The van der Waals surface area contributed by atoms with Crippen LogP contribution in [0.1, 0.15) is 5.56 Å². The molecule has 1 aromatic rings. The number of methoxy groups -OCH3 is 2. The van der Waals surface area contributed by atoms with Crippen LogP contribution in [0.3, 0.4) is 0 Å². The molecule has 0 heterocycles. The van der Waals surface area contributed by atoms with E-state index in [0.29, 0.717) is 17.9 Å². The van der Waals surface area contributed by atoms with Crippen molar-refractivity contribution in [1.82, 2.24) is 0 Å². The fourth-order valence-electron chi connectivity index (χ4n) is 1.26. The smallest absolute Gasteiger partial charge is 0.129 e. The van der Waals surface area contributed by atoms with Crippen LogP contribution in [0.2, 0.25) is 0 Å². The molecule has 0 unspecified atom stereocenters. The van der Waals surface area contributed by atoms with Crippen LogP contribution in [-0.2, 0) is 6.42 Å². The van der Waals surface area contributed by atoms with Crippen LogP contribution in [0.25, 0.3) is 0 Å². The van der Waals surface area contributed by atoms with Gasteiger partial charge in [-0.05, 0) is 6.42 Å². The number of phenols is 1. The lowest BCUT2D eigenvalue weighted by atomic mass is 10.1. The van der Waals surface area contributed by atoms with Crippen LogP contribution >= 0.6 is 0 Å². The molecule has 0 fully saturated rings. The molecule has 0 atom stereocenters. The predicted molar refractivity (Wildman–Crippen MR) is 55.1 cm³/mol. The van der Waals surface area contributed by atoms with Crippen LogP contribution < -0.4 is 9.47 Å². The van der Waals surface area contributed by atoms with Gasteiger partial charge < -0.3 is 14.6 Å². The number of hydrogen-bond donors (Lipinski definition) is 1. The Hall–Kier alpha value is -1.64. The van der Waals surface area contributed by atoms with E-state index in [2.05, 4.69) is 6.58 Å². The normalized spacial score (nSPS) is 9.57. The van der Waals surface area contributed by atoms with Crippen LogP contribution in [-0.4, -0.2) is 19.3 Å². The Balaban J connectivity index is 3.19. The van der Waals surface area contributed by atoms with Crippen molar-refractivity contribution < 1.29 is 14.6 Å². The average Bonchev–Trinajstić information content (AvgIpc) is 2.20. The number of allylic oxidation sites excluding steroid dienone is 1. The van der Waals surface area contributed by atoms with E-state index in [-0.39, 0.29) is 5.75 Å². The Kier molecular flexibility index (Phi) is 3.40. The maximum atomic E-state index is 9.66. The van der Waals surface area contributed by atoms with Gasteiger partial charge in [0.25, 0.3) is 0 Å². The van der Waals surface area contributed by atoms with E-state index in [0.717, 1.165) is 5.56 Å². The summed E-state index contributed by atoms with van der Waals surface area (Å²) in [5, 5.41) is 9.66. The average molecular weight is 194 g/mol. The van der Waals surface area contributed by atoms with Crippen LogP contribution in [0.5, 0.6) is 17.2 Å². The van der Waals surface area contributed by atoms with Gasteiger partial charge in [-0.3, -0.25) is 0 Å². The van der Waals surface area contributed by atoms with Crippen molar-refractivity contribution in [2.45, 2.75) is 6.42 Å². The van der Waals surface area contributed by atoms with E-state index >= 15 is 0 Å². The first kappa shape index (κ1) is 10.4. The first-order valence-electron chi connectivity index (χ1n) is 4.27. The van der Waals surface area contributed by atoms with Crippen molar-refractivity contribution in [3.05, 3.63) is 30.4 Å². The van der Waals surface area contributed by atoms with Crippen molar-refractivity contribution >= 4 is 0 Å². The Morgan fingerprint density at radius 1 is 1.36 bits per heavy atom. The number of aromatic hydroxyl groups is 1. The summed E-state index contributed by atoms with van der Waals surface area (Å²) in [5.74, 6) is 1.36. The molecular formula is C11H14O3. The predicted octanol–water partition coefficient (Wildman–Crippen LogP) is 2.14. The summed E-state index contributed by atoms with van der Waals surface area (Å²) in [7, 11) is 3.10. The zero-order valence-corrected chi connectivity index (χ0v) is 8.41. The topological polar surface area (TPSA) is 38.7 Å². The van der Waals surface area contributed by atoms with Gasteiger partial charge in [-0.25, -0.2) is 0 Å². The molecular weight excluding hydrogens is 180 g/mol. The maximum Gasteiger partial charge on any atom is 0.129 e. The summed E-state index contributed by atoms with van der Waals surface area (Å²) >= 11 is 0. The van der Waals surface area contributed by atoms with Gasteiger partial charge >= 0.3 is 0 Å². The van der Waals surface area contributed by atoms with Crippen molar-refractivity contribution in [1.29, 1.82) is 0 Å². The Labute approximate surface area is 83.6 Å². The first-order chi connectivity index (χ1) is 6.72. The van der Waals surface area contributed by atoms with Crippen LogP contribution in [0, 0.1) is 0 Å². The molecule has 3 nitrogen and oxygen atoms in total. The van der Waals surface area contributed by atoms with Gasteiger partial charge in [0.2, 0.25) is 0 Å². The molecule has 0 saturated heterocycles. The minimum absolute atomic E-state index is 0.168. The van der Waals surface area contributed by atoms with E-state index < -0.39 is 0 Å². The summed E-state index contributed by atoms with van der Waals surface area (Å²) < 4.78 is 10.1. The largest absolute Gasteiger partial charge is 0.507 e. The fraction of sp³-hybridized carbons (Fsp3) is 0.273. The van der Waals surface area contributed by atoms with E-state index in [1.54, 1.807) is 32.4 Å². The van der Waals surface area contributed by atoms with Crippen LogP contribution in [0.15, 0.2) is 24.8 Å². The molecule has 3 heteroatoms. The third-order valence-electron chi connectivity index (χ3n) is 1.96. The van der Waals surface area contributed by atoms with Gasteiger partial charge in [-0.15, -0.1) is 6.58 Å².